The number of anilines is 1. The summed E-state index contributed by atoms with van der Waals surface area (Å²) in [5.74, 6) is 1.21. The van der Waals surface area contributed by atoms with E-state index in [0.29, 0.717) is 23.1 Å². The zero-order valence-corrected chi connectivity index (χ0v) is 14.6. The molecular formula is C16H15Cl2N5O. The number of benzene rings is 1. The van der Waals surface area contributed by atoms with E-state index in [4.69, 9.17) is 33.7 Å². The Kier molecular flexibility index (Phi) is 4.59. The Labute approximate surface area is 149 Å². The van der Waals surface area contributed by atoms with Crippen LogP contribution in [0.5, 0.6) is 11.8 Å². The average Bonchev–Trinajstić information content (AvgIpc) is 2.92. The third-order valence-corrected chi connectivity index (χ3v) is 3.80. The number of hydrogen-bond acceptors (Lipinski definition) is 5. The molecule has 0 saturated heterocycles. The number of rotatable bonds is 4. The molecule has 2 heterocycles. The van der Waals surface area contributed by atoms with Crippen LogP contribution in [-0.4, -0.2) is 19.7 Å². The van der Waals surface area contributed by atoms with E-state index in [1.807, 2.05) is 26.0 Å². The molecule has 3 rings (SSSR count). The highest BCUT2D eigenvalue weighted by molar-refractivity contribution is 6.32. The van der Waals surface area contributed by atoms with E-state index in [-0.39, 0.29) is 16.7 Å². The van der Waals surface area contributed by atoms with Crippen LogP contribution in [0.1, 0.15) is 18.4 Å². The molecule has 0 radical (unpaired) electrons. The van der Waals surface area contributed by atoms with E-state index >= 15 is 0 Å². The lowest BCUT2D eigenvalue weighted by Crippen LogP contribution is -2.05. The van der Waals surface area contributed by atoms with Crippen molar-refractivity contribution in [3.63, 3.8) is 0 Å². The Morgan fingerprint density at radius 2 is 2.00 bits per heavy atom. The van der Waals surface area contributed by atoms with Crippen LogP contribution >= 0.6 is 23.2 Å². The van der Waals surface area contributed by atoms with Crippen LogP contribution in [0.25, 0.3) is 5.69 Å². The normalized spacial score (nSPS) is 10.8. The first-order chi connectivity index (χ1) is 11.5. The van der Waals surface area contributed by atoms with Gasteiger partial charge in [0.15, 0.2) is 5.15 Å². The summed E-state index contributed by atoms with van der Waals surface area (Å²) >= 11 is 12.1. The summed E-state index contributed by atoms with van der Waals surface area (Å²) in [6.07, 6.45) is 0.614. The Morgan fingerprint density at radius 3 is 2.71 bits per heavy atom. The summed E-state index contributed by atoms with van der Waals surface area (Å²) in [5.41, 5.74) is 7.67. The lowest BCUT2D eigenvalue weighted by atomic mass is 10.3. The van der Waals surface area contributed by atoms with Gasteiger partial charge in [0.2, 0.25) is 11.8 Å². The highest BCUT2D eigenvalue weighted by Crippen LogP contribution is 2.32. The molecule has 0 aliphatic rings. The lowest BCUT2D eigenvalue weighted by molar-refractivity contribution is 0.427. The van der Waals surface area contributed by atoms with Gasteiger partial charge in [-0.15, -0.1) is 0 Å². The minimum absolute atomic E-state index is 0.169. The first-order valence-corrected chi connectivity index (χ1v) is 8.06. The molecule has 8 heteroatoms. The number of halogens is 2. The predicted molar refractivity (Wildman–Crippen MR) is 94.2 cm³/mol. The summed E-state index contributed by atoms with van der Waals surface area (Å²) in [7, 11) is 0. The van der Waals surface area contributed by atoms with Crippen LogP contribution in [0.4, 0.5) is 5.69 Å². The van der Waals surface area contributed by atoms with Gasteiger partial charge in [0.1, 0.15) is 11.5 Å². The first-order valence-electron chi connectivity index (χ1n) is 7.30. The van der Waals surface area contributed by atoms with Crippen LogP contribution < -0.4 is 10.5 Å². The van der Waals surface area contributed by atoms with Gasteiger partial charge < -0.3 is 10.5 Å². The Morgan fingerprint density at radius 1 is 1.21 bits per heavy atom. The molecule has 0 saturated carbocycles. The van der Waals surface area contributed by atoms with Gasteiger partial charge in [-0.25, -0.2) is 9.67 Å². The van der Waals surface area contributed by atoms with Crippen molar-refractivity contribution in [3.05, 3.63) is 52.0 Å². The van der Waals surface area contributed by atoms with Crippen LogP contribution in [0.2, 0.25) is 10.2 Å². The lowest BCUT2D eigenvalue weighted by Gasteiger charge is -2.11. The van der Waals surface area contributed by atoms with Gasteiger partial charge in [0.05, 0.1) is 11.4 Å². The second-order valence-electron chi connectivity index (χ2n) is 5.12. The number of nitrogens with zero attached hydrogens (tertiary/aromatic N) is 4. The molecule has 0 aliphatic heterocycles. The summed E-state index contributed by atoms with van der Waals surface area (Å²) in [4.78, 5) is 8.40. The third-order valence-electron chi connectivity index (χ3n) is 3.28. The second-order valence-corrected chi connectivity index (χ2v) is 5.92. The van der Waals surface area contributed by atoms with Gasteiger partial charge in [-0.3, -0.25) is 0 Å². The zero-order valence-electron chi connectivity index (χ0n) is 13.1. The van der Waals surface area contributed by atoms with E-state index < -0.39 is 0 Å². The van der Waals surface area contributed by atoms with Crippen molar-refractivity contribution in [2.75, 3.05) is 5.73 Å². The van der Waals surface area contributed by atoms with Crippen molar-refractivity contribution >= 4 is 28.9 Å². The Hall–Kier alpha value is -2.31. The number of aromatic nitrogens is 4. The van der Waals surface area contributed by atoms with Crippen LogP contribution in [-0.2, 0) is 6.42 Å². The number of nitrogen functional groups attached to an aromatic ring is 1. The smallest absolute Gasteiger partial charge is 0.249 e. The van der Waals surface area contributed by atoms with Gasteiger partial charge in [-0.05, 0) is 25.1 Å². The van der Waals surface area contributed by atoms with Crippen molar-refractivity contribution in [2.24, 2.45) is 0 Å². The highest BCUT2D eigenvalue weighted by Gasteiger charge is 2.16. The fourth-order valence-electron chi connectivity index (χ4n) is 2.14. The summed E-state index contributed by atoms with van der Waals surface area (Å²) < 4.78 is 7.50. The Balaban J connectivity index is 2.05. The SMILES string of the molecule is CCc1nc(Cl)c(N)c(Oc2cc(C)nn2-c2cccc(Cl)c2)n1. The molecule has 6 nitrogen and oxygen atoms in total. The molecular weight excluding hydrogens is 349 g/mol. The van der Waals surface area contributed by atoms with Crippen LogP contribution in [0.15, 0.2) is 30.3 Å². The quantitative estimate of drug-likeness (QED) is 0.702. The molecule has 0 bridgehead atoms. The molecule has 2 aromatic heterocycles. The number of nitrogens with two attached hydrogens (primary N) is 1. The summed E-state index contributed by atoms with van der Waals surface area (Å²) in [6, 6.07) is 9.07. The van der Waals surface area contributed by atoms with E-state index in [1.54, 1.807) is 22.9 Å². The second kappa shape index (κ2) is 6.67. The molecule has 0 atom stereocenters. The molecule has 24 heavy (non-hydrogen) atoms. The molecule has 3 aromatic rings. The highest BCUT2D eigenvalue weighted by atomic mass is 35.5. The molecule has 0 unspecified atom stereocenters. The van der Waals surface area contributed by atoms with E-state index in [1.165, 1.54) is 0 Å². The minimum Gasteiger partial charge on any atom is -0.418 e. The molecule has 0 aliphatic carbocycles. The van der Waals surface area contributed by atoms with Gasteiger partial charge in [0.25, 0.3) is 0 Å². The molecule has 0 spiro atoms. The van der Waals surface area contributed by atoms with E-state index in [2.05, 4.69) is 15.1 Å². The van der Waals surface area contributed by atoms with Gasteiger partial charge in [-0.1, -0.05) is 36.2 Å². The monoisotopic (exact) mass is 363 g/mol. The number of hydrogen-bond donors (Lipinski definition) is 1. The topological polar surface area (TPSA) is 78.9 Å². The maximum absolute atomic E-state index is 6.06. The van der Waals surface area contributed by atoms with Crippen molar-refractivity contribution in [2.45, 2.75) is 20.3 Å². The number of aryl methyl sites for hydroxylation is 2. The van der Waals surface area contributed by atoms with E-state index in [9.17, 15) is 0 Å². The fourth-order valence-corrected chi connectivity index (χ4v) is 2.50. The minimum atomic E-state index is 0.169. The van der Waals surface area contributed by atoms with Gasteiger partial charge in [-0.2, -0.15) is 10.1 Å². The summed E-state index contributed by atoms with van der Waals surface area (Å²) in [6.45, 7) is 3.79. The van der Waals surface area contributed by atoms with Crippen molar-refractivity contribution in [3.8, 4) is 17.4 Å². The Bertz CT molecular complexity index is 894. The predicted octanol–water partition coefficient (Wildman–Crippen LogP) is 4.21. The zero-order chi connectivity index (χ0) is 17.3. The van der Waals surface area contributed by atoms with Crippen molar-refractivity contribution in [1.29, 1.82) is 0 Å². The molecule has 0 fully saturated rings. The van der Waals surface area contributed by atoms with Gasteiger partial charge in [0, 0.05) is 17.5 Å². The molecule has 1 aromatic carbocycles. The summed E-state index contributed by atoms with van der Waals surface area (Å²) in [5, 5.41) is 5.20. The molecule has 0 amide bonds. The van der Waals surface area contributed by atoms with Gasteiger partial charge >= 0.3 is 0 Å². The number of ether oxygens (including phenoxy) is 1. The largest absolute Gasteiger partial charge is 0.418 e. The fraction of sp³-hybridized carbons (Fsp3) is 0.188. The maximum Gasteiger partial charge on any atom is 0.249 e. The average molecular weight is 364 g/mol. The van der Waals surface area contributed by atoms with E-state index in [0.717, 1.165) is 11.4 Å². The van der Waals surface area contributed by atoms with Crippen LogP contribution in [0, 0.1) is 6.92 Å². The maximum atomic E-state index is 6.06. The van der Waals surface area contributed by atoms with Crippen LogP contribution in [0.3, 0.4) is 0 Å². The third kappa shape index (κ3) is 3.29. The van der Waals surface area contributed by atoms with Crippen molar-refractivity contribution in [1.82, 2.24) is 19.7 Å². The first kappa shape index (κ1) is 16.5. The van der Waals surface area contributed by atoms with Crippen molar-refractivity contribution < 1.29 is 4.74 Å². The molecule has 124 valence electrons. The molecule has 2 N–H and O–H groups in total. The standard InChI is InChI=1S/C16H15Cl2N5O/c1-3-12-20-15(18)14(19)16(21-12)24-13-7-9(2)22-23(13)11-6-4-5-10(17)8-11/h4-8H,3,19H2,1-2H3.